The Morgan fingerprint density at radius 1 is 1.55 bits per heavy atom. The Balaban J connectivity index is 1.96. The molecule has 1 unspecified atom stereocenters. The van der Waals surface area contributed by atoms with E-state index in [0.717, 1.165) is 24.9 Å². The van der Waals surface area contributed by atoms with Crippen molar-refractivity contribution in [3.05, 3.63) is 35.1 Å². The molecule has 110 valence electrons. The van der Waals surface area contributed by atoms with Crippen molar-refractivity contribution in [1.29, 1.82) is 0 Å². The molecule has 0 aliphatic carbocycles. The maximum Gasteiger partial charge on any atom is 0.227 e. The molecular weight excluding hydrogens is 259 g/mol. The van der Waals surface area contributed by atoms with Crippen LogP contribution in [0, 0.1) is 11.2 Å². The van der Waals surface area contributed by atoms with E-state index in [1.54, 1.807) is 12.1 Å². The van der Waals surface area contributed by atoms with E-state index in [9.17, 15) is 9.18 Å². The molecular formula is C15H21FN2O2. The van der Waals surface area contributed by atoms with Gasteiger partial charge >= 0.3 is 0 Å². The molecule has 0 bridgehead atoms. The van der Waals surface area contributed by atoms with Gasteiger partial charge in [-0.05, 0) is 44.0 Å². The first kappa shape index (κ1) is 14.9. The molecule has 5 heteroatoms. The third-order valence-electron chi connectivity index (χ3n) is 3.88. The summed E-state index contributed by atoms with van der Waals surface area (Å²) in [5.41, 5.74) is 0.663. The highest BCUT2D eigenvalue weighted by Crippen LogP contribution is 2.25. The quantitative estimate of drug-likeness (QED) is 0.779. The number of aliphatic hydroxyl groups is 1. The van der Waals surface area contributed by atoms with Crippen LogP contribution in [-0.2, 0) is 17.9 Å². The van der Waals surface area contributed by atoms with E-state index in [-0.39, 0.29) is 23.5 Å². The number of halogens is 1. The Bertz CT molecular complexity index is 485. The van der Waals surface area contributed by atoms with Crippen LogP contribution in [0.3, 0.4) is 0 Å². The molecule has 1 saturated heterocycles. The molecule has 2 rings (SSSR count). The summed E-state index contributed by atoms with van der Waals surface area (Å²) in [7, 11) is 0. The first-order chi connectivity index (χ1) is 9.55. The summed E-state index contributed by atoms with van der Waals surface area (Å²) in [4.78, 5) is 12.2. The first-order valence-electron chi connectivity index (χ1n) is 6.92. The standard InChI is InChI=1S/C15H21FN2O2/c1-15(5-2-6-17-10-15)14(20)18-8-11-3-4-13(16)12(7-11)9-19/h3-4,7,17,19H,2,5-6,8-10H2,1H3,(H,18,20). The topological polar surface area (TPSA) is 61.4 Å². The molecule has 0 spiro atoms. The summed E-state index contributed by atoms with van der Waals surface area (Å²) in [6.45, 7) is 3.61. The molecule has 1 heterocycles. The zero-order valence-electron chi connectivity index (χ0n) is 11.7. The van der Waals surface area contributed by atoms with Gasteiger partial charge in [-0.25, -0.2) is 4.39 Å². The third-order valence-corrected chi connectivity index (χ3v) is 3.88. The molecule has 1 aromatic rings. The molecule has 1 atom stereocenters. The minimum atomic E-state index is -0.425. The summed E-state index contributed by atoms with van der Waals surface area (Å²) in [6.07, 6.45) is 1.87. The smallest absolute Gasteiger partial charge is 0.227 e. The number of hydrogen-bond donors (Lipinski definition) is 3. The molecule has 1 fully saturated rings. The van der Waals surface area contributed by atoms with Gasteiger partial charge in [0.05, 0.1) is 12.0 Å². The monoisotopic (exact) mass is 280 g/mol. The molecule has 0 radical (unpaired) electrons. The summed E-state index contributed by atoms with van der Waals surface area (Å²) >= 11 is 0. The summed E-state index contributed by atoms with van der Waals surface area (Å²) in [5.74, 6) is -0.411. The van der Waals surface area contributed by atoms with Crippen LogP contribution in [0.4, 0.5) is 4.39 Å². The van der Waals surface area contributed by atoms with Crippen molar-refractivity contribution in [2.75, 3.05) is 13.1 Å². The van der Waals surface area contributed by atoms with Gasteiger partial charge in [-0.15, -0.1) is 0 Å². The Hall–Kier alpha value is -1.46. The minimum absolute atomic E-state index is 0.0135. The van der Waals surface area contributed by atoms with E-state index in [4.69, 9.17) is 5.11 Å². The number of carbonyl (C=O) groups is 1. The van der Waals surface area contributed by atoms with E-state index in [2.05, 4.69) is 10.6 Å². The lowest BCUT2D eigenvalue weighted by Gasteiger charge is -2.32. The van der Waals surface area contributed by atoms with Gasteiger partial charge in [-0.1, -0.05) is 6.07 Å². The molecule has 0 saturated carbocycles. The number of hydrogen-bond acceptors (Lipinski definition) is 3. The van der Waals surface area contributed by atoms with Crippen molar-refractivity contribution in [1.82, 2.24) is 10.6 Å². The van der Waals surface area contributed by atoms with Gasteiger partial charge in [0.25, 0.3) is 0 Å². The molecule has 1 amide bonds. The largest absolute Gasteiger partial charge is 0.392 e. The van der Waals surface area contributed by atoms with Crippen molar-refractivity contribution in [2.45, 2.75) is 32.9 Å². The van der Waals surface area contributed by atoms with Crippen molar-refractivity contribution in [2.24, 2.45) is 5.41 Å². The summed E-state index contributed by atoms with van der Waals surface area (Å²) < 4.78 is 13.3. The minimum Gasteiger partial charge on any atom is -0.392 e. The molecule has 1 aliphatic heterocycles. The molecule has 4 nitrogen and oxygen atoms in total. The molecule has 1 aliphatic rings. The van der Waals surface area contributed by atoms with Gasteiger partial charge < -0.3 is 15.7 Å². The molecule has 0 aromatic heterocycles. The zero-order chi connectivity index (χ0) is 14.6. The Morgan fingerprint density at radius 3 is 3.00 bits per heavy atom. The average molecular weight is 280 g/mol. The van der Waals surface area contributed by atoms with Crippen molar-refractivity contribution in [3.63, 3.8) is 0 Å². The second kappa shape index (κ2) is 6.33. The number of carbonyl (C=O) groups excluding carboxylic acids is 1. The van der Waals surface area contributed by atoms with Crippen LogP contribution in [0.5, 0.6) is 0 Å². The predicted molar refractivity (Wildman–Crippen MR) is 74.4 cm³/mol. The van der Waals surface area contributed by atoms with Gasteiger partial charge in [0.15, 0.2) is 0 Å². The average Bonchev–Trinajstić information content (AvgIpc) is 2.46. The van der Waals surface area contributed by atoms with E-state index < -0.39 is 5.82 Å². The second-order valence-corrected chi connectivity index (χ2v) is 5.61. The lowest BCUT2D eigenvalue weighted by atomic mass is 9.82. The third kappa shape index (κ3) is 3.35. The Morgan fingerprint density at radius 2 is 2.35 bits per heavy atom. The SMILES string of the molecule is CC1(C(=O)NCc2ccc(F)c(CO)c2)CCCNC1. The molecule has 1 aromatic carbocycles. The lowest BCUT2D eigenvalue weighted by Crippen LogP contribution is -2.48. The van der Waals surface area contributed by atoms with Crippen molar-refractivity contribution in [3.8, 4) is 0 Å². The van der Waals surface area contributed by atoms with Crippen LogP contribution < -0.4 is 10.6 Å². The summed E-state index contributed by atoms with van der Waals surface area (Å²) in [6, 6.07) is 4.52. The second-order valence-electron chi connectivity index (χ2n) is 5.61. The fraction of sp³-hybridized carbons (Fsp3) is 0.533. The van der Waals surface area contributed by atoms with Gasteiger partial charge in [0.2, 0.25) is 5.91 Å². The maximum absolute atomic E-state index is 13.3. The highest BCUT2D eigenvalue weighted by molar-refractivity contribution is 5.82. The number of nitrogens with one attached hydrogen (secondary N) is 2. The number of amides is 1. The van der Waals surface area contributed by atoms with Crippen LogP contribution in [0.1, 0.15) is 30.9 Å². The van der Waals surface area contributed by atoms with Crippen LogP contribution in [0.15, 0.2) is 18.2 Å². The summed E-state index contributed by atoms with van der Waals surface area (Å²) in [5, 5.41) is 15.2. The zero-order valence-corrected chi connectivity index (χ0v) is 11.7. The van der Waals surface area contributed by atoms with E-state index in [0.29, 0.717) is 13.1 Å². The molecule has 20 heavy (non-hydrogen) atoms. The Labute approximate surface area is 118 Å². The predicted octanol–water partition coefficient (Wildman–Crippen LogP) is 1.32. The highest BCUT2D eigenvalue weighted by Gasteiger charge is 2.34. The fourth-order valence-corrected chi connectivity index (χ4v) is 2.50. The van der Waals surface area contributed by atoms with Crippen LogP contribution >= 0.6 is 0 Å². The Kier molecular flexibility index (Phi) is 4.73. The first-order valence-corrected chi connectivity index (χ1v) is 6.92. The number of piperidine rings is 1. The fourth-order valence-electron chi connectivity index (χ4n) is 2.50. The van der Waals surface area contributed by atoms with Crippen LogP contribution in [0.2, 0.25) is 0 Å². The molecule has 3 N–H and O–H groups in total. The van der Waals surface area contributed by atoms with Crippen molar-refractivity contribution >= 4 is 5.91 Å². The van der Waals surface area contributed by atoms with E-state index in [1.807, 2.05) is 6.92 Å². The van der Waals surface area contributed by atoms with Gasteiger partial charge in [0, 0.05) is 18.7 Å². The number of aliphatic hydroxyl groups excluding tert-OH is 1. The van der Waals surface area contributed by atoms with Crippen LogP contribution in [0.25, 0.3) is 0 Å². The maximum atomic E-state index is 13.3. The van der Waals surface area contributed by atoms with E-state index in [1.165, 1.54) is 6.07 Å². The van der Waals surface area contributed by atoms with Crippen LogP contribution in [-0.4, -0.2) is 24.1 Å². The number of rotatable bonds is 4. The van der Waals surface area contributed by atoms with Gasteiger partial charge in [-0.3, -0.25) is 4.79 Å². The van der Waals surface area contributed by atoms with Crippen molar-refractivity contribution < 1.29 is 14.3 Å². The van der Waals surface area contributed by atoms with Gasteiger partial charge in [-0.2, -0.15) is 0 Å². The highest BCUT2D eigenvalue weighted by atomic mass is 19.1. The van der Waals surface area contributed by atoms with E-state index >= 15 is 0 Å². The number of benzene rings is 1. The normalized spacial score (nSPS) is 22.6. The lowest BCUT2D eigenvalue weighted by molar-refractivity contribution is -0.131. The van der Waals surface area contributed by atoms with Gasteiger partial charge in [0.1, 0.15) is 5.82 Å².